The van der Waals surface area contributed by atoms with Gasteiger partial charge in [0.15, 0.2) is 0 Å². The third-order valence-corrected chi connectivity index (χ3v) is 4.27. The van der Waals surface area contributed by atoms with Gasteiger partial charge in [-0.15, -0.1) is 0 Å². The second-order valence-corrected chi connectivity index (χ2v) is 5.54. The molecule has 116 valence electrons. The number of ketones is 2. The minimum Gasteiger partial charge on any atom is -0.449 e. The van der Waals surface area contributed by atoms with Crippen molar-refractivity contribution in [2.75, 3.05) is 6.61 Å². The Bertz CT molecular complexity index is 746. The summed E-state index contributed by atoms with van der Waals surface area (Å²) < 4.78 is 6.54. The van der Waals surface area contributed by atoms with Crippen LogP contribution in [0.25, 0.3) is 0 Å². The van der Waals surface area contributed by atoms with E-state index < -0.39 is 6.09 Å². The van der Waals surface area contributed by atoms with E-state index in [2.05, 4.69) is 0 Å². The van der Waals surface area contributed by atoms with E-state index in [-0.39, 0.29) is 47.0 Å². The van der Waals surface area contributed by atoms with Gasteiger partial charge >= 0.3 is 6.09 Å². The average Bonchev–Trinajstić information content (AvgIpc) is 2.95. The minimum atomic E-state index is -0.893. The molecule has 2 unspecified atom stereocenters. The second-order valence-electron chi connectivity index (χ2n) is 5.54. The maximum atomic E-state index is 12.4. The summed E-state index contributed by atoms with van der Waals surface area (Å²) in [6, 6.07) is 1.28. The number of aromatic nitrogens is 1. The zero-order valence-corrected chi connectivity index (χ0v) is 12.0. The molecule has 22 heavy (non-hydrogen) atoms. The number of hydrogen-bond donors (Lipinski definition) is 3. The van der Waals surface area contributed by atoms with Crippen LogP contribution in [-0.4, -0.2) is 34.9 Å². The number of Topliss-reactive ketones (excluding diaryl/α,β-unsaturated/α-hetero) is 2. The molecule has 8 nitrogen and oxygen atoms in total. The first kappa shape index (κ1) is 14.3. The van der Waals surface area contributed by atoms with Crippen molar-refractivity contribution in [1.29, 1.82) is 0 Å². The molecule has 2 aliphatic rings. The van der Waals surface area contributed by atoms with Crippen molar-refractivity contribution in [3.63, 3.8) is 0 Å². The van der Waals surface area contributed by atoms with Crippen molar-refractivity contribution >= 4 is 17.7 Å². The number of ether oxygens (including phenoxy) is 1. The maximum Gasteiger partial charge on any atom is 0.404 e. The van der Waals surface area contributed by atoms with Gasteiger partial charge in [-0.05, 0) is 13.0 Å². The number of hydrogen-bond acceptors (Lipinski definition) is 6. The van der Waals surface area contributed by atoms with Crippen molar-refractivity contribution in [1.82, 2.24) is 4.57 Å². The van der Waals surface area contributed by atoms with Crippen molar-refractivity contribution < 1.29 is 19.1 Å². The zero-order valence-electron chi connectivity index (χ0n) is 12.0. The Morgan fingerprint density at radius 3 is 2.73 bits per heavy atom. The molecule has 1 aliphatic carbocycles. The van der Waals surface area contributed by atoms with Crippen LogP contribution in [0, 0.1) is 0 Å². The van der Waals surface area contributed by atoms with Crippen molar-refractivity contribution in [2.45, 2.75) is 25.4 Å². The number of nitrogens with zero attached hydrogens (tertiary/aromatic N) is 1. The van der Waals surface area contributed by atoms with E-state index in [1.165, 1.54) is 6.92 Å². The van der Waals surface area contributed by atoms with Crippen LogP contribution in [0.15, 0.2) is 17.3 Å². The predicted octanol–water partition coefficient (Wildman–Crippen LogP) is -0.380. The molecular weight excluding hydrogens is 288 g/mol. The van der Waals surface area contributed by atoms with Crippen LogP contribution in [0.2, 0.25) is 0 Å². The van der Waals surface area contributed by atoms with Crippen molar-refractivity contribution in [2.24, 2.45) is 17.2 Å². The monoisotopic (exact) mass is 304 g/mol. The van der Waals surface area contributed by atoms with Gasteiger partial charge in [0.2, 0.25) is 11.6 Å². The molecule has 1 aliphatic heterocycles. The Balaban J connectivity index is 2.05. The lowest BCUT2D eigenvalue weighted by atomic mass is 9.92. The van der Waals surface area contributed by atoms with Crippen LogP contribution < -0.4 is 17.2 Å². The van der Waals surface area contributed by atoms with Crippen LogP contribution in [0.5, 0.6) is 0 Å². The van der Waals surface area contributed by atoms with E-state index in [9.17, 15) is 14.4 Å². The first-order chi connectivity index (χ1) is 10.3. The number of fused-ring (bicyclic) bond motifs is 3. The van der Waals surface area contributed by atoms with Gasteiger partial charge in [-0.25, -0.2) is 4.79 Å². The highest BCUT2D eigenvalue weighted by atomic mass is 16.5. The summed E-state index contributed by atoms with van der Waals surface area (Å²) >= 11 is 0. The van der Waals surface area contributed by atoms with Crippen LogP contribution in [-0.2, 0) is 11.3 Å². The molecule has 0 spiro atoms. The van der Waals surface area contributed by atoms with Crippen molar-refractivity contribution in [3.8, 4) is 0 Å². The van der Waals surface area contributed by atoms with Crippen LogP contribution >= 0.6 is 0 Å². The molecule has 0 saturated carbocycles. The number of nitrogens with two attached hydrogens (primary N) is 3. The molecule has 1 aromatic heterocycles. The summed E-state index contributed by atoms with van der Waals surface area (Å²) in [4.78, 5) is 35.4. The zero-order chi connectivity index (χ0) is 16.2. The molecule has 8 heteroatoms. The summed E-state index contributed by atoms with van der Waals surface area (Å²) in [5.41, 5.74) is 18.2. The summed E-state index contributed by atoms with van der Waals surface area (Å²) in [5.74, 6) is -0.959. The fourth-order valence-corrected chi connectivity index (χ4v) is 3.04. The molecule has 0 aromatic carbocycles. The molecule has 0 radical (unpaired) electrons. The highest BCUT2D eigenvalue weighted by molar-refractivity contribution is 6.26. The lowest BCUT2D eigenvalue weighted by Gasteiger charge is -2.16. The van der Waals surface area contributed by atoms with Gasteiger partial charge in [0.1, 0.15) is 12.3 Å². The van der Waals surface area contributed by atoms with Gasteiger partial charge in [0.05, 0.1) is 17.2 Å². The van der Waals surface area contributed by atoms with Gasteiger partial charge in [-0.3, -0.25) is 9.59 Å². The van der Waals surface area contributed by atoms with Gasteiger partial charge < -0.3 is 26.5 Å². The molecule has 2 atom stereocenters. The fraction of sp³-hybridized carbons (Fsp3) is 0.357. The molecule has 1 aromatic rings. The molecule has 6 N–H and O–H groups in total. The van der Waals surface area contributed by atoms with E-state index >= 15 is 0 Å². The molecule has 0 saturated heterocycles. The lowest BCUT2D eigenvalue weighted by Crippen LogP contribution is -2.31. The van der Waals surface area contributed by atoms with E-state index in [0.29, 0.717) is 17.9 Å². The normalized spacial score (nSPS) is 23.5. The summed E-state index contributed by atoms with van der Waals surface area (Å²) in [7, 11) is 0. The largest absolute Gasteiger partial charge is 0.449 e. The third kappa shape index (κ3) is 1.84. The topological polar surface area (TPSA) is 143 Å². The minimum absolute atomic E-state index is 0.00364. The molecule has 2 heterocycles. The van der Waals surface area contributed by atoms with Crippen LogP contribution in [0.3, 0.4) is 0 Å². The SMILES string of the molecule is CC1=C(N)C(=O)c2cc3n(c2C1=O)CC(N)C3COC(N)=O. The highest BCUT2D eigenvalue weighted by Crippen LogP contribution is 2.36. The van der Waals surface area contributed by atoms with E-state index in [4.69, 9.17) is 21.9 Å². The number of carbonyl (C=O) groups is 3. The van der Waals surface area contributed by atoms with Crippen molar-refractivity contribution in [3.05, 3.63) is 34.3 Å². The number of primary amides is 1. The molecule has 0 fully saturated rings. The molecule has 3 rings (SSSR count). The van der Waals surface area contributed by atoms with Crippen LogP contribution in [0.1, 0.15) is 39.4 Å². The fourth-order valence-electron chi connectivity index (χ4n) is 3.04. The summed E-state index contributed by atoms with van der Waals surface area (Å²) in [6.45, 7) is 1.90. The average molecular weight is 304 g/mol. The smallest absolute Gasteiger partial charge is 0.404 e. The Hall–Kier alpha value is -2.61. The lowest BCUT2D eigenvalue weighted by molar-refractivity contribution is 0.0968. The number of amides is 1. The number of carbonyl (C=O) groups excluding carboxylic acids is 3. The molecule has 0 bridgehead atoms. The van der Waals surface area contributed by atoms with Crippen LogP contribution in [0.4, 0.5) is 4.79 Å². The second kappa shape index (κ2) is 4.70. The number of allylic oxidation sites excluding steroid dienone is 2. The number of rotatable bonds is 2. The quantitative estimate of drug-likeness (QED) is 0.679. The van der Waals surface area contributed by atoms with Gasteiger partial charge in [0.25, 0.3) is 0 Å². The Labute approximate surface area is 125 Å². The standard InChI is InChI=1S/C14H16N4O4/c1-5-10(16)13(20)6-2-9-7(4-22-14(17)21)8(15)3-18(9)11(6)12(5)19/h2,7-8H,3-4,15-16H2,1H3,(H2,17,21). The van der Waals surface area contributed by atoms with Gasteiger partial charge in [0, 0.05) is 23.9 Å². The van der Waals surface area contributed by atoms with E-state index in [1.807, 2.05) is 0 Å². The summed E-state index contributed by atoms with van der Waals surface area (Å²) in [6.07, 6.45) is -0.893. The Kier molecular flexibility index (Phi) is 3.06. The van der Waals surface area contributed by atoms with E-state index in [0.717, 1.165) is 0 Å². The first-order valence-corrected chi connectivity index (χ1v) is 6.80. The van der Waals surface area contributed by atoms with Gasteiger partial charge in [-0.2, -0.15) is 0 Å². The third-order valence-electron chi connectivity index (χ3n) is 4.27. The molecule has 1 amide bonds. The first-order valence-electron chi connectivity index (χ1n) is 6.80. The summed E-state index contributed by atoms with van der Waals surface area (Å²) in [5, 5.41) is 0. The Morgan fingerprint density at radius 1 is 1.41 bits per heavy atom. The molecular formula is C14H16N4O4. The van der Waals surface area contributed by atoms with Gasteiger partial charge in [-0.1, -0.05) is 0 Å². The predicted molar refractivity (Wildman–Crippen MR) is 76.2 cm³/mol. The Morgan fingerprint density at radius 2 is 2.09 bits per heavy atom. The van der Waals surface area contributed by atoms with E-state index in [1.54, 1.807) is 10.6 Å². The highest BCUT2D eigenvalue weighted by Gasteiger charge is 2.40. The maximum absolute atomic E-state index is 12.4.